The Hall–Kier alpha value is -0.490. The maximum Gasteiger partial charge on any atom is 0.254 e. The zero-order chi connectivity index (χ0) is 12.3. The van der Waals surface area contributed by atoms with E-state index in [4.69, 9.17) is 0 Å². The van der Waals surface area contributed by atoms with Gasteiger partial charge in [-0.25, -0.2) is 8.78 Å². The molecule has 0 aliphatic heterocycles. The van der Waals surface area contributed by atoms with E-state index in [9.17, 15) is 8.78 Å². The molecule has 0 spiro atoms. The summed E-state index contributed by atoms with van der Waals surface area (Å²) in [6.07, 6.45) is -1.33. The molecule has 1 rings (SSSR count). The first-order valence-corrected chi connectivity index (χ1v) is 5.96. The number of alkyl halides is 2. The molecule has 1 atom stereocenters. The van der Waals surface area contributed by atoms with E-state index in [1.807, 2.05) is 6.92 Å². The average molecular weight is 296 g/mol. The zero-order valence-electron chi connectivity index (χ0n) is 9.60. The summed E-state index contributed by atoms with van der Waals surface area (Å²) in [7, 11) is 3.32. The van der Waals surface area contributed by atoms with Crippen LogP contribution in [0, 0.1) is 0 Å². The highest BCUT2D eigenvalue weighted by Crippen LogP contribution is 2.23. The second-order valence-corrected chi connectivity index (χ2v) is 4.41. The summed E-state index contributed by atoms with van der Waals surface area (Å²) in [6, 6.07) is -0.837. The van der Waals surface area contributed by atoms with Crippen molar-refractivity contribution in [1.82, 2.24) is 15.1 Å². The van der Waals surface area contributed by atoms with Crippen LogP contribution < -0.4 is 5.32 Å². The number of rotatable bonds is 5. The van der Waals surface area contributed by atoms with Crippen molar-refractivity contribution in [2.24, 2.45) is 7.05 Å². The molecule has 0 bridgehead atoms. The highest BCUT2D eigenvalue weighted by molar-refractivity contribution is 9.10. The molecule has 1 aromatic heterocycles. The lowest BCUT2D eigenvalue weighted by molar-refractivity contribution is 0.101. The van der Waals surface area contributed by atoms with Crippen LogP contribution in [0.25, 0.3) is 0 Å². The topological polar surface area (TPSA) is 29.9 Å². The second kappa shape index (κ2) is 5.72. The number of aromatic nitrogens is 2. The molecule has 0 aromatic carbocycles. The van der Waals surface area contributed by atoms with Crippen molar-refractivity contribution in [3.05, 3.63) is 15.9 Å². The maximum atomic E-state index is 12.6. The van der Waals surface area contributed by atoms with Crippen molar-refractivity contribution in [1.29, 1.82) is 0 Å². The number of halogens is 3. The summed E-state index contributed by atoms with van der Waals surface area (Å²) in [6.45, 7) is 1.99. The fourth-order valence-electron chi connectivity index (χ4n) is 1.57. The minimum atomic E-state index is -2.38. The van der Waals surface area contributed by atoms with Gasteiger partial charge in [-0.3, -0.25) is 4.68 Å². The number of hydrogen-bond donors (Lipinski definition) is 1. The number of likely N-dealkylation sites (N-methyl/N-ethyl adjacent to an activating group) is 1. The third-order valence-corrected chi connectivity index (χ3v) is 3.51. The quantitative estimate of drug-likeness (QED) is 0.902. The van der Waals surface area contributed by atoms with Gasteiger partial charge in [-0.2, -0.15) is 5.10 Å². The van der Waals surface area contributed by atoms with Crippen LogP contribution in [-0.4, -0.2) is 29.3 Å². The standard InChI is InChI=1S/C10H16BrF2N3/c1-4-6-9(11)8(16(3)15-6)5-7(14-2)10(12)13/h7,10,14H,4-5H2,1-3H3. The van der Waals surface area contributed by atoms with Crippen molar-refractivity contribution >= 4 is 15.9 Å². The Morgan fingerprint density at radius 2 is 2.12 bits per heavy atom. The Bertz CT molecular complexity index is 352. The van der Waals surface area contributed by atoms with Crippen molar-refractivity contribution in [2.75, 3.05) is 7.05 Å². The molecule has 1 unspecified atom stereocenters. The van der Waals surface area contributed by atoms with Gasteiger partial charge < -0.3 is 5.32 Å². The lowest BCUT2D eigenvalue weighted by Crippen LogP contribution is -2.35. The molecule has 3 nitrogen and oxygen atoms in total. The van der Waals surface area contributed by atoms with Crippen molar-refractivity contribution in [3.8, 4) is 0 Å². The highest BCUT2D eigenvalue weighted by Gasteiger charge is 2.22. The maximum absolute atomic E-state index is 12.6. The number of hydrogen-bond acceptors (Lipinski definition) is 2. The molecule has 0 amide bonds. The lowest BCUT2D eigenvalue weighted by Gasteiger charge is -2.15. The van der Waals surface area contributed by atoms with Crippen LogP contribution in [-0.2, 0) is 19.9 Å². The van der Waals surface area contributed by atoms with Gasteiger partial charge >= 0.3 is 0 Å². The first-order valence-electron chi connectivity index (χ1n) is 5.16. The molecule has 16 heavy (non-hydrogen) atoms. The summed E-state index contributed by atoms with van der Waals surface area (Å²) < 4.78 is 27.8. The van der Waals surface area contributed by atoms with Crippen LogP contribution in [0.5, 0.6) is 0 Å². The third kappa shape index (κ3) is 2.79. The Balaban J connectivity index is 2.91. The van der Waals surface area contributed by atoms with E-state index in [0.717, 1.165) is 22.3 Å². The third-order valence-electron chi connectivity index (χ3n) is 2.59. The van der Waals surface area contributed by atoms with Crippen LogP contribution in [0.1, 0.15) is 18.3 Å². The van der Waals surface area contributed by atoms with Gasteiger partial charge in [-0.15, -0.1) is 0 Å². The van der Waals surface area contributed by atoms with E-state index >= 15 is 0 Å². The molecule has 1 aromatic rings. The molecule has 1 heterocycles. The molecule has 0 saturated carbocycles. The highest BCUT2D eigenvalue weighted by atomic mass is 79.9. The normalized spacial score (nSPS) is 13.4. The Morgan fingerprint density at radius 1 is 1.50 bits per heavy atom. The molecule has 1 N–H and O–H groups in total. The van der Waals surface area contributed by atoms with Gasteiger partial charge in [0.05, 0.1) is 21.9 Å². The van der Waals surface area contributed by atoms with Crippen molar-refractivity contribution in [2.45, 2.75) is 32.2 Å². The predicted octanol–water partition coefficient (Wildman–Crippen LogP) is 2.14. The lowest BCUT2D eigenvalue weighted by atomic mass is 10.1. The van der Waals surface area contributed by atoms with Crippen LogP contribution in [0.2, 0.25) is 0 Å². The molecular formula is C10H16BrF2N3. The first kappa shape index (κ1) is 13.6. The van der Waals surface area contributed by atoms with E-state index in [-0.39, 0.29) is 6.42 Å². The summed E-state index contributed by atoms with van der Waals surface area (Å²) in [5, 5.41) is 6.89. The van der Waals surface area contributed by atoms with Crippen molar-refractivity contribution in [3.63, 3.8) is 0 Å². The van der Waals surface area contributed by atoms with E-state index in [1.165, 1.54) is 0 Å². The van der Waals surface area contributed by atoms with E-state index < -0.39 is 12.5 Å². The summed E-state index contributed by atoms with van der Waals surface area (Å²) >= 11 is 3.41. The fourth-order valence-corrected chi connectivity index (χ4v) is 2.35. The van der Waals surface area contributed by atoms with Gasteiger partial charge in [0, 0.05) is 13.5 Å². The first-order chi connectivity index (χ1) is 7.51. The van der Waals surface area contributed by atoms with E-state index in [2.05, 4.69) is 26.3 Å². The second-order valence-electron chi connectivity index (χ2n) is 3.62. The van der Waals surface area contributed by atoms with Gasteiger partial charge in [0.15, 0.2) is 0 Å². The van der Waals surface area contributed by atoms with Crippen LogP contribution in [0.4, 0.5) is 8.78 Å². The molecule has 0 saturated heterocycles. The Morgan fingerprint density at radius 3 is 2.50 bits per heavy atom. The Kier molecular flexibility index (Phi) is 4.86. The van der Waals surface area contributed by atoms with Crippen LogP contribution in [0.3, 0.4) is 0 Å². The number of aryl methyl sites for hydroxylation is 2. The SMILES string of the molecule is CCc1nn(C)c(CC(NC)C(F)F)c1Br. The number of nitrogens with zero attached hydrogens (tertiary/aromatic N) is 2. The molecule has 0 radical (unpaired) electrons. The van der Waals surface area contributed by atoms with Gasteiger partial charge in [0.25, 0.3) is 6.43 Å². The van der Waals surface area contributed by atoms with Gasteiger partial charge in [0.2, 0.25) is 0 Å². The minimum Gasteiger partial charge on any atom is -0.312 e. The molecule has 6 heteroatoms. The van der Waals surface area contributed by atoms with Gasteiger partial charge in [-0.1, -0.05) is 6.92 Å². The average Bonchev–Trinajstić information content (AvgIpc) is 2.51. The largest absolute Gasteiger partial charge is 0.312 e. The van der Waals surface area contributed by atoms with Crippen molar-refractivity contribution < 1.29 is 8.78 Å². The molecule has 0 aliphatic rings. The minimum absolute atomic E-state index is 0.262. The van der Waals surface area contributed by atoms with E-state index in [1.54, 1.807) is 18.8 Å². The van der Waals surface area contributed by atoms with Crippen LogP contribution >= 0.6 is 15.9 Å². The molecule has 0 aliphatic carbocycles. The fraction of sp³-hybridized carbons (Fsp3) is 0.700. The monoisotopic (exact) mass is 295 g/mol. The van der Waals surface area contributed by atoms with Gasteiger partial charge in [0.1, 0.15) is 0 Å². The Labute approximate surface area is 102 Å². The van der Waals surface area contributed by atoms with E-state index in [0.29, 0.717) is 0 Å². The predicted molar refractivity (Wildman–Crippen MR) is 62.8 cm³/mol. The van der Waals surface area contributed by atoms with Gasteiger partial charge in [-0.05, 0) is 29.4 Å². The summed E-state index contributed by atoms with van der Waals surface area (Å²) in [5.41, 5.74) is 1.71. The smallest absolute Gasteiger partial charge is 0.254 e. The molecule has 0 fully saturated rings. The summed E-state index contributed by atoms with van der Waals surface area (Å²) in [4.78, 5) is 0. The molecule has 92 valence electrons. The summed E-state index contributed by atoms with van der Waals surface area (Å²) in [5.74, 6) is 0. The number of nitrogens with one attached hydrogen (secondary N) is 1. The zero-order valence-corrected chi connectivity index (χ0v) is 11.2. The molecular weight excluding hydrogens is 280 g/mol. The van der Waals surface area contributed by atoms with Crippen LogP contribution in [0.15, 0.2) is 4.47 Å².